The summed E-state index contributed by atoms with van der Waals surface area (Å²) in [5, 5.41) is 8.42. The van der Waals surface area contributed by atoms with Crippen molar-refractivity contribution in [1.29, 1.82) is 0 Å². The molecule has 0 bridgehead atoms. The molecule has 12 heavy (non-hydrogen) atoms. The van der Waals surface area contributed by atoms with Gasteiger partial charge in [0, 0.05) is 11.8 Å². The van der Waals surface area contributed by atoms with Crippen LogP contribution in [0.15, 0.2) is 0 Å². The summed E-state index contributed by atoms with van der Waals surface area (Å²) in [4.78, 5) is 0. The number of nitrogens with one attached hydrogen (secondary N) is 1. The fourth-order valence-electron chi connectivity index (χ4n) is 0.770. The van der Waals surface area contributed by atoms with E-state index in [0.29, 0.717) is 0 Å². The minimum absolute atomic E-state index is 0.0726. The zero-order chi connectivity index (χ0) is 9.61. The third-order valence-corrected chi connectivity index (χ3v) is 3.47. The molecule has 0 saturated heterocycles. The summed E-state index contributed by atoms with van der Waals surface area (Å²) >= 11 is 1.58. The highest BCUT2D eigenvalue weighted by Crippen LogP contribution is 1.97. The molecule has 0 rings (SSSR count). The zero-order valence-electron chi connectivity index (χ0n) is 7.28. The van der Waals surface area contributed by atoms with Crippen LogP contribution < -0.4 is 4.72 Å². The largest absolute Gasteiger partial charge is 0.395 e. The van der Waals surface area contributed by atoms with Gasteiger partial charge < -0.3 is 5.11 Å². The number of aliphatic hydroxyl groups is 1. The third kappa shape index (κ3) is 5.82. The molecule has 0 aliphatic carbocycles. The van der Waals surface area contributed by atoms with Crippen LogP contribution in [0.1, 0.15) is 6.92 Å². The molecule has 4 nitrogen and oxygen atoms in total. The van der Waals surface area contributed by atoms with E-state index in [1.165, 1.54) is 0 Å². The van der Waals surface area contributed by atoms with Gasteiger partial charge in [-0.15, -0.1) is 0 Å². The molecule has 74 valence electrons. The van der Waals surface area contributed by atoms with Gasteiger partial charge in [-0.3, -0.25) is 0 Å². The van der Waals surface area contributed by atoms with Crippen LogP contribution in [0.3, 0.4) is 0 Å². The fraction of sp³-hybridized carbons (Fsp3) is 1.00. The Morgan fingerprint density at radius 1 is 1.58 bits per heavy atom. The summed E-state index contributed by atoms with van der Waals surface area (Å²) in [6, 6.07) is -0.0726. The fourth-order valence-corrected chi connectivity index (χ4v) is 2.51. The SMILES string of the molecule is CSCC(C)NS(=O)(=O)CCO. The van der Waals surface area contributed by atoms with Crippen LogP contribution in [0.4, 0.5) is 0 Å². The van der Waals surface area contributed by atoms with Crippen LogP contribution in [0.25, 0.3) is 0 Å². The lowest BCUT2D eigenvalue weighted by molar-refractivity contribution is 0.319. The van der Waals surface area contributed by atoms with Crippen molar-refractivity contribution in [3.05, 3.63) is 0 Å². The number of thioether (sulfide) groups is 1. The average Bonchev–Trinajstić information content (AvgIpc) is 1.85. The molecule has 0 aliphatic rings. The van der Waals surface area contributed by atoms with E-state index >= 15 is 0 Å². The minimum atomic E-state index is -3.27. The molecular formula is C6H15NO3S2. The first kappa shape index (κ1) is 12.2. The van der Waals surface area contributed by atoms with Crippen molar-refractivity contribution in [2.45, 2.75) is 13.0 Å². The monoisotopic (exact) mass is 213 g/mol. The third-order valence-electron chi connectivity index (χ3n) is 1.16. The second kappa shape index (κ2) is 5.80. The molecule has 0 aromatic heterocycles. The number of hydrogen-bond donors (Lipinski definition) is 2. The molecule has 0 aromatic rings. The van der Waals surface area contributed by atoms with Crippen LogP contribution in [0.2, 0.25) is 0 Å². The maximum atomic E-state index is 11.0. The van der Waals surface area contributed by atoms with E-state index in [4.69, 9.17) is 5.11 Å². The standard InChI is InChI=1S/C6H15NO3S2/c1-6(5-11-2)7-12(9,10)4-3-8/h6-8H,3-5H2,1-2H3. The Labute approximate surface area is 77.8 Å². The Hall–Kier alpha value is 0.220. The van der Waals surface area contributed by atoms with Crippen LogP contribution in [0, 0.1) is 0 Å². The first-order valence-electron chi connectivity index (χ1n) is 3.61. The highest BCUT2D eigenvalue weighted by atomic mass is 32.2. The Morgan fingerprint density at radius 3 is 2.58 bits per heavy atom. The van der Waals surface area contributed by atoms with E-state index in [1.807, 2.05) is 6.26 Å². The summed E-state index contributed by atoms with van der Waals surface area (Å²) in [6.07, 6.45) is 1.91. The normalized spacial score (nSPS) is 14.6. The first-order valence-corrected chi connectivity index (χ1v) is 6.66. The summed E-state index contributed by atoms with van der Waals surface area (Å²) in [5.74, 6) is 0.524. The molecule has 0 fully saturated rings. The highest BCUT2D eigenvalue weighted by Gasteiger charge is 2.12. The number of sulfonamides is 1. The summed E-state index contributed by atoms with van der Waals surface area (Å²) < 4.78 is 24.5. The molecule has 0 spiro atoms. The zero-order valence-corrected chi connectivity index (χ0v) is 8.91. The van der Waals surface area contributed by atoms with Gasteiger partial charge in [-0.25, -0.2) is 13.1 Å². The predicted molar refractivity (Wildman–Crippen MR) is 51.9 cm³/mol. The van der Waals surface area contributed by atoms with Gasteiger partial charge >= 0.3 is 0 Å². The summed E-state index contributed by atoms with van der Waals surface area (Å²) in [5.41, 5.74) is 0. The molecular weight excluding hydrogens is 198 g/mol. The lowest BCUT2D eigenvalue weighted by Crippen LogP contribution is -2.36. The molecule has 0 aliphatic heterocycles. The average molecular weight is 213 g/mol. The summed E-state index contributed by atoms with van der Waals surface area (Å²) in [6.45, 7) is 1.47. The van der Waals surface area contributed by atoms with Crippen molar-refractivity contribution in [1.82, 2.24) is 4.72 Å². The van der Waals surface area contributed by atoms with E-state index in [1.54, 1.807) is 18.7 Å². The van der Waals surface area contributed by atoms with Crippen LogP contribution in [-0.4, -0.2) is 43.9 Å². The van der Waals surface area contributed by atoms with E-state index in [-0.39, 0.29) is 18.4 Å². The Balaban J connectivity index is 3.89. The lowest BCUT2D eigenvalue weighted by Gasteiger charge is -2.11. The van der Waals surface area contributed by atoms with Gasteiger partial charge in [0.05, 0.1) is 12.4 Å². The van der Waals surface area contributed by atoms with E-state index in [9.17, 15) is 8.42 Å². The van der Waals surface area contributed by atoms with Crippen molar-refractivity contribution in [3.8, 4) is 0 Å². The van der Waals surface area contributed by atoms with Crippen LogP contribution in [-0.2, 0) is 10.0 Å². The smallest absolute Gasteiger partial charge is 0.214 e. The predicted octanol–water partition coefficient (Wildman–Crippen LogP) is -0.350. The van der Waals surface area contributed by atoms with Crippen LogP contribution >= 0.6 is 11.8 Å². The quantitative estimate of drug-likeness (QED) is 0.633. The first-order chi connectivity index (χ1) is 5.52. The molecule has 0 radical (unpaired) electrons. The lowest BCUT2D eigenvalue weighted by atomic mass is 10.4. The molecule has 0 aromatic carbocycles. The van der Waals surface area contributed by atoms with Gasteiger partial charge in [-0.05, 0) is 13.2 Å². The van der Waals surface area contributed by atoms with E-state index < -0.39 is 10.0 Å². The molecule has 0 saturated carbocycles. The highest BCUT2D eigenvalue weighted by molar-refractivity contribution is 7.98. The van der Waals surface area contributed by atoms with Crippen molar-refractivity contribution < 1.29 is 13.5 Å². The molecule has 6 heteroatoms. The number of hydrogen-bond acceptors (Lipinski definition) is 4. The number of aliphatic hydroxyl groups excluding tert-OH is 1. The molecule has 2 N–H and O–H groups in total. The van der Waals surface area contributed by atoms with Gasteiger partial charge in [-0.1, -0.05) is 0 Å². The van der Waals surface area contributed by atoms with Gasteiger partial charge in [-0.2, -0.15) is 11.8 Å². The molecule has 1 atom stereocenters. The number of rotatable bonds is 6. The van der Waals surface area contributed by atoms with Crippen molar-refractivity contribution in [3.63, 3.8) is 0 Å². The van der Waals surface area contributed by atoms with Gasteiger partial charge in [0.2, 0.25) is 10.0 Å². The Kier molecular flexibility index (Phi) is 5.90. The second-order valence-corrected chi connectivity index (χ2v) is 5.30. The van der Waals surface area contributed by atoms with Gasteiger partial charge in [0.1, 0.15) is 0 Å². The van der Waals surface area contributed by atoms with Gasteiger partial charge in [0.25, 0.3) is 0 Å². The second-order valence-electron chi connectivity index (χ2n) is 2.52. The maximum Gasteiger partial charge on any atom is 0.214 e. The van der Waals surface area contributed by atoms with Crippen molar-refractivity contribution >= 4 is 21.8 Å². The van der Waals surface area contributed by atoms with Crippen molar-refractivity contribution in [2.24, 2.45) is 0 Å². The topological polar surface area (TPSA) is 66.4 Å². The maximum absolute atomic E-state index is 11.0. The van der Waals surface area contributed by atoms with Crippen molar-refractivity contribution in [2.75, 3.05) is 24.4 Å². The minimum Gasteiger partial charge on any atom is -0.395 e. The Morgan fingerprint density at radius 2 is 2.17 bits per heavy atom. The van der Waals surface area contributed by atoms with E-state index in [0.717, 1.165) is 5.75 Å². The van der Waals surface area contributed by atoms with Crippen LogP contribution in [0.5, 0.6) is 0 Å². The van der Waals surface area contributed by atoms with Gasteiger partial charge in [0.15, 0.2) is 0 Å². The molecule has 0 amide bonds. The van der Waals surface area contributed by atoms with E-state index in [2.05, 4.69) is 4.72 Å². The summed E-state index contributed by atoms with van der Waals surface area (Å²) in [7, 11) is -3.27. The molecule has 0 heterocycles. The molecule has 1 unspecified atom stereocenters. The Bertz CT molecular complexity index is 203.